The van der Waals surface area contributed by atoms with Gasteiger partial charge in [-0.1, -0.05) is 20.8 Å². The van der Waals surface area contributed by atoms with Gasteiger partial charge >= 0.3 is 0 Å². The van der Waals surface area contributed by atoms with Gasteiger partial charge in [-0.15, -0.1) is 0 Å². The van der Waals surface area contributed by atoms with Crippen molar-refractivity contribution in [2.45, 2.75) is 39.7 Å². The van der Waals surface area contributed by atoms with Crippen LogP contribution in [0, 0.1) is 5.41 Å². The van der Waals surface area contributed by atoms with Gasteiger partial charge in [0, 0.05) is 6.42 Å². The summed E-state index contributed by atoms with van der Waals surface area (Å²) in [6.45, 7) is 6.40. The van der Waals surface area contributed by atoms with Crippen LogP contribution in [0.15, 0.2) is 0 Å². The monoisotopic (exact) mass is 229 g/mol. The van der Waals surface area contributed by atoms with E-state index in [1.165, 1.54) is 0 Å². The average Bonchev–Trinajstić information content (AvgIpc) is 2.12. The smallest absolute Gasteiger partial charge is 0.240 e. The standard InChI is InChI=1S/C11H23N3O2/c1-11(2,3)9(10(12)16)14-8(15)6-5-7-13-4/h9,13H,5-7H2,1-4H3,(H2,12,16)(H,14,15). The number of nitrogens with two attached hydrogens (primary N) is 1. The molecule has 0 fully saturated rings. The van der Waals surface area contributed by atoms with Crippen LogP contribution in [-0.4, -0.2) is 31.4 Å². The van der Waals surface area contributed by atoms with E-state index in [1.807, 2.05) is 27.8 Å². The second-order valence-electron chi connectivity index (χ2n) is 4.98. The Hall–Kier alpha value is -1.10. The molecule has 5 heteroatoms. The van der Waals surface area contributed by atoms with Gasteiger partial charge in [-0.3, -0.25) is 9.59 Å². The Balaban J connectivity index is 4.21. The third kappa shape index (κ3) is 5.70. The summed E-state index contributed by atoms with van der Waals surface area (Å²) in [4.78, 5) is 22.7. The molecule has 0 saturated heterocycles. The fourth-order valence-corrected chi connectivity index (χ4v) is 1.37. The summed E-state index contributed by atoms with van der Waals surface area (Å²) in [5.74, 6) is -0.622. The molecule has 0 aliphatic carbocycles. The summed E-state index contributed by atoms with van der Waals surface area (Å²) in [7, 11) is 1.83. The quantitative estimate of drug-likeness (QED) is 0.561. The van der Waals surface area contributed by atoms with E-state index in [0.717, 1.165) is 13.0 Å². The summed E-state index contributed by atoms with van der Waals surface area (Å²) in [5, 5.41) is 5.63. The molecule has 1 atom stereocenters. The Labute approximate surface area is 97.2 Å². The Morgan fingerprint density at radius 3 is 2.25 bits per heavy atom. The number of primary amides is 1. The lowest BCUT2D eigenvalue weighted by Gasteiger charge is -2.28. The maximum atomic E-state index is 11.5. The van der Waals surface area contributed by atoms with Crippen LogP contribution in [0.3, 0.4) is 0 Å². The van der Waals surface area contributed by atoms with Gasteiger partial charge in [0.1, 0.15) is 6.04 Å². The van der Waals surface area contributed by atoms with Crippen molar-refractivity contribution in [2.75, 3.05) is 13.6 Å². The molecule has 1 unspecified atom stereocenters. The third-order valence-electron chi connectivity index (χ3n) is 2.29. The van der Waals surface area contributed by atoms with Crippen LogP contribution in [0.2, 0.25) is 0 Å². The molecule has 0 spiro atoms. The number of carbonyl (C=O) groups excluding carboxylic acids is 2. The van der Waals surface area contributed by atoms with E-state index in [-0.39, 0.29) is 11.3 Å². The highest BCUT2D eigenvalue weighted by molar-refractivity contribution is 5.87. The van der Waals surface area contributed by atoms with Gasteiger partial charge in [0.25, 0.3) is 0 Å². The summed E-state index contributed by atoms with van der Waals surface area (Å²) in [6, 6.07) is -0.616. The van der Waals surface area contributed by atoms with E-state index in [9.17, 15) is 9.59 Å². The molecule has 0 aromatic rings. The Kier molecular flexibility index (Phi) is 6.03. The van der Waals surface area contributed by atoms with E-state index in [4.69, 9.17) is 5.73 Å². The minimum atomic E-state index is -0.616. The highest BCUT2D eigenvalue weighted by Crippen LogP contribution is 2.18. The molecule has 4 N–H and O–H groups in total. The highest BCUT2D eigenvalue weighted by atomic mass is 16.2. The van der Waals surface area contributed by atoms with E-state index < -0.39 is 11.9 Å². The fourth-order valence-electron chi connectivity index (χ4n) is 1.37. The fraction of sp³-hybridized carbons (Fsp3) is 0.818. The number of amides is 2. The van der Waals surface area contributed by atoms with E-state index in [2.05, 4.69) is 10.6 Å². The second kappa shape index (κ2) is 6.48. The zero-order valence-corrected chi connectivity index (χ0v) is 10.6. The minimum Gasteiger partial charge on any atom is -0.368 e. The number of rotatable bonds is 6. The van der Waals surface area contributed by atoms with E-state index in [1.54, 1.807) is 0 Å². The van der Waals surface area contributed by atoms with Crippen molar-refractivity contribution in [3.05, 3.63) is 0 Å². The predicted octanol–water partition coefficient (Wildman–Crippen LogP) is 0.00220. The van der Waals surface area contributed by atoms with Crippen molar-refractivity contribution in [2.24, 2.45) is 11.1 Å². The summed E-state index contributed by atoms with van der Waals surface area (Å²) in [6.07, 6.45) is 1.15. The maximum Gasteiger partial charge on any atom is 0.240 e. The van der Waals surface area contributed by atoms with E-state index in [0.29, 0.717) is 6.42 Å². The summed E-state index contributed by atoms with van der Waals surface area (Å²) < 4.78 is 0. The largest absolute Gasteiger partial charge is 0.368 e. The van der Waals surface area contributed by atoms with Gasteiger partial charge in [-0.2, -0.15) is 0 Å². The molecule has 5 nitrogen and oxygen atoms in total. The first kappa shape index (κ1) is 14.9. The Bertz CT molecular complexity index is 246. The first-order valence-electron chi connectivity index (χ1n) is 5.52. The van der Waals surface area contributed by atoms with E-state index >= 15 is 0 Å². The molecular weight excluding hydrogens is 206 g/mol. The molecule has 0 aromatic carbocycles. The lowest BCUT2D eigenvalue weighted by Crippen LogP contribution is -2.52. The van der Waals surface area contributed by atoms with Crippen LogP contribution < -0.4 is 16.4 Å². The van der Waals surface area contributed by atoms with Crippen LogP contribution in [0.25, 0.3) is 0 Å². The number of nitrogens with one attached hydrogen (secondary N) is 2. The molecule has 16 heavy (non-hydrogen) atoms. The van der Waals surface area contributed by atoms with Crippen LogP contribution >= 0.6 is 0 Å². The molecule has 0 radical (unpaired) electrons. The van der Waals surface area contributed by atoms with Crippen molar-refractivity contribution < 1.29 is 9.59 Å². The minimum absolute atomic E-state index is 0.131. The van der Waals surface area contributed by atoms with Crippen molar-refractivity contribution in [3.8, 4) is 0 Å². The van der Waals surface area contributed by atoms with Crippen molar-refractivity contribution in [1.29, 1.82) is 0 Å². The molecule has 0 aromatic heterocycles. The zero-order valence-electron chi connectivity index (χ0n) is 10.6. The average molecular weight is 229 g/mol. The van der Waals surface area contributed by atoms with Crippen LogP contribution in [0.4, 0.5) is 0 Å². The van der Waals surface area contributed by atoms with Gasteiger partial charge in [0.15, 0.2) is 0 Å². The number of hydrogen-bond donors (Lipinski definition) is 3. The topological polar surface area (TPSA) is 84.2 Å². The molecule has 0 aliphatic rings. The SMILES string of the molecule is CNCCCC(=O)NC(C(N)=O)C(C)(C)C. The molecule has 0 saturated carbocycles. The summed E-state index contributed by atoms with van der Waals surface area (Å²) >= 11 is 0. The predicted molar refractivity (Wildman–Crippen MR) is 63.7 cm³/mol. The van der Waals surface area contributed by atoms with Gasteiger partial charge in [-0.05, 0) is 25.4 Å². The first-order valence-corrected chi connectivity index (χ1v) is 5.52. The van der Waals surface area contributed by atoms with Crippen LogP contribution in [0.1, 0.15) is 33.6 Å². The Morgan fingerprint density at radius 1 is 1.31 bits per heavy atom. The molecule has 94 valence electrons. The zero-order chi connectivity index (χ0) is 12.8. The van der Waals surface area contributed by atoms with Gasteiger partial charge < -0.3 is 16.4 Å². The lowest BCUT2D eigenvalue weighted by atomic mass is 9.86. The molecule has 0 bridgehead atoms. The van der Waals surface area contributed by atoms with Gasteiger partial charge in [0.05, 0.1) is 0 Å². The third-order valence-corrected chi connectivity index (χ3v) is 2.29. The van der Waals surface area contributed by atoms with Crippen LogP contribution in [0.5, 0.6) is 0 Å². The summed E-state index contributed by atoms with van der Waals surface area (Å²) in [5.41, 5.74) is 4.90. The number of hydrogen-bond acceptors (Lipinski definition) is 3. The van der Waals surface area contributed by atoms with Gasteiger partial charge in [0.2, 0.25) is 11.8 Å². The van der Waals surface area contributed by atoms with Crippen molar-refractivity contribution >= 4 is 11.8 Å². The Morgan fingerprint density at radius 2 is 1.88 bits per heavy atom. The van der Waals surface area contributed by atoms with Crippen molar-refractivity contribution in [3.63, 3.8) is 0 Å². The number of carbonyl (C=O) groups is 2. The molecule has 0 aliphatic heterocycles. The van der Waals surface area contributed by atoms with Gasteiger partial charge in [-0.25, -0.2) is 0 Å². The molecule has 0 heterocycles. The molecular formula is C11H23N3O2. The normalized spacial score (nSPS) is 13.2. The lowest BCUT2D eigenvalue weighted by molar-refractivity contribution is -0.129. The van der Waals surface area contributed by atoms with Crippen molar-refractivity contribution in [1.82, 2.24) is 10.6 Å². The highest BCUT2D eigenvalue weighted by Gasteiger charge is 2.30. The second-order valence-corrected chi connectivity index (χ2v) is 4.98. The molecule has 0 rings (SSSR count). The van der Waals surface area contributed by atoms with Crippen LogP contribution in [-0.2, 0) is 9.59 Å². The maximum absolute atomic E-state index is 11.5. The molecule has 2 amide bonds. The first-order chi connectivity index (χ1) is 7.29.